The number of carboxylic acid groups (broad SMARTS) is 1. The normalized spacial score (nSPS) is 25.1. The first-order chi connectivity index (χ1) is 15.0. The van der Waals surface area contributed by atoms with E-state index in [2.05, 4.69) is 15.9 Å². The molecule has 4 rings (SSSR count). The molecule has 0 aromatic heterocycles. The average molecular weight is 488 g/mol. The molecule has 1 saturated heterocycles. The predicted molar refractivity (Wildman–Crippen MR) is 118 cm³/mol. The molecule has 31 heavy (non-hydrogen) atoms. The van der Waals surface area contributed by atoms with Gasteiger partial charge in [0.15, 0.2) is 0 Å². The monoisotopic (exact) mass is 487 g/mol. The van der Waals surface area contributed by atoms with Gasteiger partial charge >= 0.3 is 12.1 Å². The Morgan fingerprint density at radius 3 is 2.42 bits per heavy atom. The van der Waals surface area contributed by atoms with Gasteiger partial charge in [-0.05, 0) is 36.1 Å². The fourth-order valence-electron chi connectivity index (χ4n) is 5.10. The van der Waals surface area contributed by atoms with Crippen molar-refractivity contribution in [2.75, 3.05) is 19.7 Å². The molecule has 164 valence electrons. The second-order valence-electron chi connectivity index (χ2n) is 8.26. The molecule has 7 heteroatoms. The van der Waals surface area contributed by atoms with E-state index in [0.717, 1.165) is 34.9 Å². The van der Waals surface area contributed by atoms with Crippen LogP contribution in [0.1, 0.15) is 30.4 Å². The van der Waals surface area contributed by atoms with E-state index in [4.69, 9.17) is 9.47 Å². The minimum absolute atomic E-state index is 0.00192. The minimum atomic E-state index is -0.989. The molecule has 6 nitrogen and oxygen atoms in total. The number of fused-ring (bicyclic) bond motifs is 2. The second kappa shape index (κ2) is 9.40. The van der Waals surface area contributed by atoms with Crippen LogP contribution >= 0.6 is 15.9 Å². The zero-order valence-corrected chi connectivity index (χ0v) is 18.8. The molecule has 1 aliphatic heterocycles. The fourth-order valence-corrected chi connectivity index (χ4v) is 5.50. The number of benzene rings is 2. The number of carbonyl (C=O) groups excluding carboxylic acids is 1. The first kappa shape index (κ1) is 21.8. The summed E-state index contributed by atoms with van der Waals surface area (Å²) in [5, 5.41) is 9.32. The van der Waals surface area contributed by atoms with Crippen LogP contribution in [0.25, 0.3) is 0 Å². The van der Waals surface area contributed by atoms with E-state index in [9.17, 15) is 14.7 Å². The van der Waals surface area contributed by atoms with Crippen molar-refractivity contribution >= 4 is 28.0 Å². The Labute approximate surface area is 190 Å². The maximum Gasteiger partial charge on any atom is 0.410 e. The van der Waals surface area contributed by atoms with Gasteiger partial charge in [0.25, 0.3) is 0 Å². The molecule has 0 radical (unpaired) electrons. The lowest BCUT2D eigenvalue weighted by Gasteiger charge is -2.55. The quantitative estimate of drug-likeness (QED) is 0.632. The number of carbonyl (C=O) groups is 2. The van der Waals surface area contributed by atoms with Crippen molar-refractivity contribution in [1.82, 2.24) is 4.90 Å². The van der Waals surface area contributed by atoms with Crippen LogP contribution in [0.2, 0.25) is 0 Å². The largest absolute Gasteiger partial charge is 0.480 e. The van der Waals surface area contributed by atoms with Gasteiger partial charge in [0.2, 0.25) is 0 Å². The van der Waals surface area contributed by atoms with Gasteiger partial charge in [-0.25, -0.2) is 9.59 Å². The van der Waals surface area contributed by atoms with Crippen LogP contribution < -0.4 is 0 Å². The molecule has 1 N–H and O–H groups in total. The molecule has 1 amide bonds. The van der Waals surface area contributed by atoms with Crippen molar-refractivity contribution in [3.05, 3.63) is 70.2 Å². The topological polar surface area (TPSA) is 76.1 Å². The molecule has 0 spiro atoms. The third kappa shape index (κ3) is 4.62. The summed E-state index contributed by atoms with van der Waals surface area (Å²) in [4.78, 5) is 26.0. The van der Waals surface area contributed by atoms with Crippen LogP contribution in [-0.2, 0) is 26.5 Å². The van der Waals surface area contributed by atoms with Gasteiger partial charge in [0, 0.05) is 29.4 Å². The van der Waals surface area contributed by atoms with Gasteiger partial charge < -0.3 is 19.5 Å². The molecular weight excluding hydrogens is 462 g/mol. The van der Waals surface area contributed by atoms with Crippen LogP contribution in [-0.4, -0.2) is 41.8 Å². The van der Waals surface area contributed by atoms with E-state index in [1.54, 1.807) is 4.90 Å². The van der Waals surface area contributed by atoms with Crippen molar-refractivity contribution in [2.24, 2.45) is 11.8 Å². The highest BCUT2D eigenvalue weighted by Crippen LogP contribution is 2.52. The van der Waals surface area contributed by atoms with Crippen LogP contribution in [0.15, 0.2) is 59.1 Å². The molecule has 2 fully saturated rings. The molecule has 2 atom stereocenters. The van der Waals surface area contributed by atoms with Crippen molar-refractivity contribution in [1.29, 1.82) is 0 Å². The van der Waals surface area contributed by atoms with E-state index in [0.29, 0.717) is 13.1 Å². The van der Waals surface area contributed by atoms with Gasteiger partial charge in [-0.1, -0.05) is 64.8 Å². The fraction of sp³-hybridized carbons (Fsp3) is 0.417. The lowest BCUT2D eigenvalue weighted by Crippen LogP contribution is -2.60. The molecule has 2 aromatic carbocycles. The number of rotatable bonds is 6. The van der Waals surface area contributed by atoms with Crippen LogP contribution in [0.4, 0.5) is 4.79 Å². The molecule has 2 unspecified atom stereocenters. The van der Waals surface area contributed by atoms with Crippen LogP contribution in [0.3, 0.4) is 0 Å². The minimum Gasteiger partial charge on any atom is -0.480 e. The zero-order valence-electron chi connectivity index (χ0n) is 17.2. The Hall–Kier alpha value is -2.38. The average Bonchev–Trinajstić information content (AvgIpc) is 2.76. The smallest absolute Gasteiger partial charge is 0.410 e. The number of carboxylic acids is 1. The third-order valence-electron chi connectivity index (χ3n) is 6.37. The van der Waals surface area contributed by atoms with E-state index in [-0.39, 0.29) is 31.1 Å². The Bertz CT molecular complexity index is 921. The van der Waals surface area contributed by atoms with Crippen LogP contribution in [0.5, 0.6) is 0 Å². The second-order valence-corrected chi connectivity index (χ2v) is 9.17. The van der Waals surface area contributed by atoms with Gasteiger partial charge in [0.1, 0.15) is 18.8 Å². The highest BCUT2D eigenvalue weighted by molar-refractivity contribution is 9.10. The summed E-state index contributed by atoms with van der Waals surface area (Å²) in [7, 11) is 0. The molecular formula is C24H26BrNO5. The Kier molecular flexibility index (Phi) is 6.62. The summed E-state index contributed by atoms with van der Waals surface area (Å²) in [6, 6.07) is 17.5. The zero-order chi connectivity index (χ0) is 21.8. The standard InChI is InChI=1S/C24H26BrNO5/c25-21-11-5-8-18(12-21)24(31-16-22(27)28)19-9-4-10-20(24)14-26(13-19)23(29)30-15-17-6-2-1-3-7-17/h1-3,5-8,11-12,19-20H,4,9-10,13-16H2,(H,27,28). The summed E-state index contributed by atoms with van der Waals surface area (Å²) < 4.78 is 12.7. The third-order valence-corrected chi connectivity index (χ3v) is 6.87. The number of nitrogens with zero attached hydrogens (tertiary/aromatic N) is 1. The summed E-state index contributed by atoms with van der Waals surface area (Å²) in [6.45, 7) is 0.836. The van der Waals surface area contributed by atoms with E-state index in [1.807, 2.05) is 54.6 Å². The SMILES string of the molecule is O=C(O)COC1(c2cccc(Br)c2)C2CCCC1CN(C(=O)OCc1ccccc1)C2. The summed E-state index contributed by atoms with van der Waals surface area (Å²) >= 11 is 3.53. The number of halogens is 1. The first-order valence-corrected chi connectivity index (χ1v) is 11.4. The number of hydrogen-bond acceptors (Lipinski definition) is 4. The molecule has 2 bridgehead atoms. The molecule has 2 aliphatic rings. The van der Waals surface area contributed by atoms with Gasteiger partial charge in [-0.3, -0.25) is 0 Å². The molecule has 1 saturated carbocycles. The lowest BCUT2D eigenvalue weighted by molar-refractivity contribution is -0.192. The summed E-state index contributed by atoms with van der Waals surface area (Å²) in [5.74, 6) is -0.993. The highest BCUT2D eigenvalue weighted by Gasteiger charge is 2.55. The van der Waals surface area contributed by atoms with Crippen molar-refractivity contribution in [3.63, 3.8) is 0 Å². The Morgan fingerprint density at radius 2 is 1.77 bits per heavy atom. The highest BCUT2D eigenvalue weighted by atomic mass is 79.9. The number of aliphatic carboxylic acids is 1. The van der Waals surface area contributed by atoms with Crippen molar-refractivity contribution in [3.8, 4) is 0 Å². The predicted octanol–water partition coefficient (Wildman–Crippen LogP) is 4.81. The Morgan fingerprint density at radius 1 is 1.06 bits per heavy atom. The van der Waals surface area contributed by atoms with E-state index in [1.165, 1.54) is 0 Å². The number of hydrogen-bond donors (Lipinski definition) is 1. The van der Waals surface area contributed by atoms with Crippen molar-refractivity contribution in [2.45, 2.75) is 31.5 Å². The van der Waals surface area contributed by atoms with Crippen molar-refractivity contribution < 1.29 is 24.2 Å². The molecule has 1 heterocycles. The molecule has 2 aromatic rings. The maximum absolute atomic E-state index is 12.8. The van der Waals surface area contributed by atoms with Gasteiger partial charge in [-0.15, -0.1) is 0 Å². The molecule has 1 aliphatic carbocycles. The summed E-state index contributed by atoms with van der Waals surface area (Å²) in [5.41, 5.74) is 1.19. The van der Waals surface area contributed by atoms with E-state index >= 15 is 0 Å². The lowest BCUT2D eigenvalue weighted by atomic mass is 9.62. The summed E-state index contributed by atoms with van der Waals surface area (Å²) in [6.07, 6.45) is 2.44. The number of piperidine rings is 1. The first-order valence-electron chi connectivity index (χ1n) is 10.6. The van der Waals surface area contributed by atoms with Gasteiger partial charge in [-0.2, -0.15) is 0 Å². The number of amides is 1. The van der Waals surface area contributed by atoms with E-state index < -0.39 is 11.6 Å². The number of ether oxygens (including phenoxy) is 2. The maximum atomic E-state index is 12.8. The van der Waals surface area contributed by atoms with Crippen LogP contribution in [0, 0.1) is 11.8 Å². The number of likely N-dealkylation sites (tertiary alicyclic amines) is 1. The van der Waals surface area contributed by atoms with Gasteiger partial charge in [0.05, 0.1) is 0 Å². The Balaban J connectivity index is 1.56.